The van der Waals surface area contributed by atoms with Crippen molar-refractivity contribution < 1.29 is 107 Å². The first-order chi connectivity index (χ1) is 14.5. The van der Waals surface area contributed by atoms with Gasteiger partial charge in [-0.2, -0.15) is 92.2 Å². The van der Waals surface area contributed by atoms with Crippen LogP contribution in [-0.4, -0.2) is 59.2 Å². The van der Waals surface area contributed by atoms with Crippen LogP contribution >= 0.6 is 7.94 Å². The summed E-state index contributed by atoms with van der Waals surface area (Å²) in [4.78, 5) is 29.8. The van der Waals surface area contributed by atoms with Crippen molar-refractivity contribution >= 4 is 7.94 Å². The van der Waals surface area contributed by atoms with E-state index in [9.17, 15) is 107 Å². The van der Waals surface area contributed by atoms with Gasteiger partial charge in [0.25, 0.3) is 0 Å². The molecule has 35 heavy (non-hydrogen) atoms. The minimum absolute atomic E-state index is 8.09. The van der Waals surface area contributed by atoms with Crippen LogP contribution in [0.5, 0.6) is 0 Å². The highest BCUT2D eigenvalue weighted by Gasteiger charge is 2.98. The van der Waals surface area contributed by atoms with E-state index >= 15 is 0 Å². The topological polar surface area (TPSA) is 69.2 Å². The molecule has 0 radical (unpaired) electrons. The average Bonchev–Trinajstić information content (AvgIpc) is 2.58. The molecule has 0 saturated carbocycles. The minimum Gasteiger partial charge on any atom is -0.683 e. The fourth-order valence-electron chi connectivity index (χ4n) is 1.72. The molecule has 0 amide bonds. The highest BCUT2D eigenvalue weighted by molar-refractivity contribution is 7.55. The second kappa shape index (κ2) is 7.92. The zero-order chi connectivity index (χ0) is 29.5. The summed E-state index contributed by atoms with van der Waals surface area (Å²) in [6.07, 6.45) is -8.09. The molecule has 0 spiro atoms. The van der Waals surface area contributed by atoms with Crippen LogP contribution in [0.3, 0.4) is 0 Å². The second-order valence-electron chi connectivity index (χ2n) is 6.13. The number of hydrogen-bond donors (Lipinski definition) is 0. The van der Waals surface area contributed by atoms with Crippen molar-refractivity contribution in [2.24, 2.45) is 0 Å². The third-order valence-corrected chi connectivity index (χ3v) is 4.81. The maximum atomic E-state index is 13.3. The molecule has 0 unspecified atom stereocenters. The molecule has 0 heterocycles. The molecule has 0 aliphatic carbocycles. The fourth-order valence-corrected chi connectivity index (χ4v) is 2.21. The van der Waals surface area contributed by atoms with E-state index in [0.717, 1.165) is 0 Å². The minimum atomic E-state index is -9.40. The van der Waals surface area contributed by atoms with Crippen molar-refractivity contribution in [3.63, 3.8) is 0 Å². The van der Waals surface area contributed by atoms with Crippen molar-refractivity contribution in [1.82, 2.24) is 0 Å². The third-order valence-electron chi connectivity index (χ3n) is 3.84. The van der Waals surface area contributed by atoms with Crippen LogP contribution in [0.2, 0.25) is 0 Å². The molecule has 0 N–H and O–H groups in total. The fraction of sp³-hybridized carbons (Fsp3) is 1.00. The first kappa shape index (κ1) is 33.8. The Hall–Kier alpha value is -1.16. The lowest BCUT2D eigenvalue weighted by atomic mass is 9.87. The van der Waals surface area contributed by atoms with Gasteiger partial charge in [0, 0.05) is 0 Å². The van der Waals surface area contributed by atoms with Crippen molar-refractivity contribution in [2.45, 2.75) is 59.2 Å². The standard InChI is InChI=1S/C10H2F21O3P/c11-1(12,3(15,16)5(19,20)7(23,24)9(27,28)29)2(13,14)4(17,18)6(21,22)8(25,26)10(30,31)35(32,33)34/h(H2,32,33,34)/p-2. The molecule has 212 valence electrons. The monoisotopic (exact) mass is 598 g/mol. The van der Waals surface area contributed by atoms with Crippen LogP contribution in [0, 0.1) is 0 Å². The molecule has 0 fully saturated rings. The Balaban J connectivity index is 7.15. The van der Waals surface area contributed by atoms with Gasteiger partial charge in [0.15, 0.2) is 0 Å². The van der Waals surface area contributed by atoms with Gasteiger partial charge in [-0.05, 0) is 0 Å². The van der Waals surface area contributed by atoms with E-state index in [1.165, 1.54) is 0 Å². The van der Waals surface area contributed by atoms with E-state index in [-0.39, 0.29) is 0 Å². The van der Waals surface area contributed by atoms with E-state index in [2.05, 4.69) is 0 Å². The molecule has 0 aromatic carbocycles. The third kappa shape index (κ3) is 3.96. The van der Waals surface area contributed by atoms with E-state index in [1.54, 1.807) is 0 Å². The van der Waals surface area contributed by atoms with E-state index in [1.807, 2.05) is 0 Å². The van der Waals surface area contributed by atoms with Gasteiger partial charge in [0.2, 0.25) is 0 Å². The lowest BCUT2D eigenvalue weighted by Gasteiger charge is -2.51. The van der Waals surface area contributed by atoms with Crippen LogP contribution < -0.4 is 14.7 Å². The molecule has 0 bridgehead atoms. The summed E-state index contributed by atoms with van der Waals surface area (Å²) in [7, 11) is -8.67. The number of rotatable bonds is 9. The molecular weight excluding hydrogens is 598 g/mol. The zero-order valence-corrected chi connectivity index (χ0v) is 15.5. The van der Waals surface area contributed by atoms with Crippen LogP contribution in [0.1, 0.15) is 0 Å². The maximum Gasteiger partial charge on any atom is 0.460 e. The van der Waals surface area contributed by atoms with Gasteiger partial charge in [-0.15, -0.1) is 0 Å². The van der Waals surface area contributed by atoms with Gasteiger partial charge < -0.3 is 14.7 Å². The summed E-state index contributed by atoms with van der Waals surface area (Å²) in [5, 5.41) is 0. The molecule has 3 nitrogen and oxygen atoms in total. The van der Waals surface area contributed by atoms with E-state index in [0.29, 0.717) is 0 Å². The van der Waals surface area contributed by atoms with Crippen LogP contribution in [-0.2, 0) is 0 Å². The molecular formula is C10F21O3P-2. The molecule has 25 heteroatoms. The molecule has 0 aromatic rings. The number of alkyl halides is 21. The zero-order valence-electron chi connectivity index (χ0n) is 14.6. The normalized spacial score (nSPS) is 17.1. The lowest BCUT2D eigenvalue weighted by molar-refractivity contribution is -0.484. The first-order valence-corrected chi connectivity index (χ1v) is 8.53. The average molecular weight is 598 g/mol. The Kier molecular flexibility index (Phi) is 7.66. The Morgan fingerprint density at radius 1 is 0.286 bits per heavy atom. The molecule has 0 aliphatic rings. The Bertz CT molecular complexity index is 728. The smallest absolute Gasteiger partial charge is 0.460 e. The van der Waals surface area contributed by atoms with E-state index in [4.69, 9.17) is 0 Å². The Morgan fingerprint density at radius 2 is 0.457 bits per heavy atom. The summed E-state index contributed by atoms with van der Waals surface area (Å²) in [6, 6.07) is 0. The SMILES string of the molecule is [O-][P+]([O-])([O-])C(F)(F)C(F)(F)C(F)(F)C(F)(F)C(F)(F)C(F)(F)C(F)(F)C(F)(F)C(F)(F)C(F)(F)F. The van der Waals surface area contributed by atoms with Crippen molar-refractivity contribution in [2.75, 3.05) is 0 Å². The highest BCUT2D eigenvalue weighted by Crippen LogP contribution is 2.69. The Labute approximate surface area is 175 Å². The predicted molar refractivity (Wildman–Crippen MR) is 57.5 cm³/mol. The summed E-state index contributed by atoms with van der Waals surface area (Å²) in [5.74, 6) is -72.7. The van der Waals surface area contributed by atoms with Gasteiger partial charge in [0.1, 0.15) is 0 Å². The van der Waals surface area contributed by atoms with E-state index < -0.39 is 67.2 Å². The number of hydrogen-bond acceptors (Lipinski definition) is 3. The van der Waals surface area contributed by atoms with Gasteiger partial charge in [-0.1, -0.05) is 7.94 Å². The van der Waals surface area contributed by atoms with Gasteiger partial charge >= 0.3 is 59.2 Å². The molecule has 0 saturated heterocycles. The second-order valence-corrected chi connectivity index (χ2v) is 7.69. The van der Waals surface area contributed by atoms with Crippen molar-refractivity contribution in [1.29, 1.82) is 0 Å². The molecule has 0 rings (SSSR count). The van der Waals surface area contributed by atoms with Crippen LogP contribution in [0.25, 0.3) is 0 Å². The summed E-state index contributed by atoms with van der Waals surface area (Å²) < 4.78 is 270. The first-order valence-electron chi connectivity index (χ1n) is 6.99. The van der Waals surface area contributed by atoms with Crippen molar-refractivity contribution in [3.8, 4) is 0 Å². The summed E-state index contributed by atoms with van der Waals surface area (Å²) >= 11 is 0. The molecule has 0 aliphatic heterocycles. The van der Waals surface area contributed by atoms with Crippen molar-refractivity contribution in [3.05, 3.63) is 0 Å². The van der Waals surface area contributed by atoms with Crippen LogP contribution in [0.15, 0.2) is 0 Å². The lowest BCUT2D eigenvalue weighted by Crippen LogP contribution is -2.77. The summed E-state index contributed by atoms with van der Waals surface area (Å²) in [6.45, 7) is 0. The predicted octanol–water partition coefficient (Wildman–Crippen LogP) is 4.07. The molecule has 0 aromatic heterocycles. The molecule has 0 atom stereocenters. The van der Waals surface area contributed by atoms with Gasteiger partial charge in [-0.3, -0.25) is 0 Å². The summed E-state index contributed by atoms with van der Waals surface area (Å²) in [5.41, 5.74) is -8.14. The quantitative estimate of drug-likeness (QED) is 0.297. The Morgan fingerprint density at radius 3 is 0.629 bits per heavy atom. The van der Waals surface area contributed by atoms with Crippen LogP contribution in [0.4, 0.5) is 92.2 Å². The number of halogens is 21. The highest BCUT2D eigenvalue weighted by atomic mass is 31.2. The maximum absolute atomic E-state index is 13.3. The largest absolute Gasteiger partial charge is 0.683 e. The van der Waals surface area contributed by atoms with Gasteiger partial charge in [0.05, 0.1) is 0 Å². The van der Waals surface area contributed by atoms with Gasteiger partial charge in [-0.25, -0.2) is 0 Å².